The lowest BCUT2D eigenvalue weighted by Crippen LogP contribution is -2.38. The third kappa shape index (κ3) is 3.44. The highest BCUT2D eigenvalue weighted by Crippen LogP contribution is 2.32. The number of hydrogen-bond acceptors (Lipinski definition) is 6. The van der Waals surface area contributed by atoms with Crippen molar-refractivity contribution < 1.29 is 9.90 Å². The minimum atomic E-state index is -0.311. The summed E-state index contributed by atoms with van der Waals surface area (Å²) in [4.78, 5) is 23.0. The van der Waals surface area contributed by atoms with Gasteiger partial charge in [-0.15, -0.1) is 11.8 Å². The number of thioether (sulfide) groups is 1. The Kier molecular flexibility index (Phi) is 4.88. The second kappa shape index (κ2) is 7.30. The van der Waals surface area contributed by atoms with E-state index in [1.807, 2.05) is 18.5 Å². The normalized spacial score (nSPS) is 23.3. The number of aliphatic hydroxyl groups excluding tert-OH is 1. The van der Waals surface area contributed by atoms with Crippen LogP contribution in [0.2, 0.25) is 0 Å². The molecule has 8 heteroatoms. The number of rotatable bonds is 4. The molecule has 1 fully saturated rings. The highest BCUT2D eigenvalue weighted by molar-refractivity contribution is 8.04. The molecule has 2 aliphatic rings. The van der Waals surface area contributed by atoms with Crippen molar-refractivity contribution in [1.82, 2.24) is 20.6 Å². The van der Waals surface area contributed by atoms with Gasteiger partial charge in [0.1, 0.15) is 5.65 Å². The standard InChI is InChI=1S/C18H23N5O2S/c1-11-7-21-17-16(11)14(2-3-19-17)23-4-5-26-15(10-23)18(25)22-8-12-6-13(24)9-20-12/h2-3,7,10,12-13,20,24H,4-6,8-9H2,1H3,(H,19,21)(H,22,25)/t12-,13-/m1/s1. The van der Waals surface area contributed by atoms with Gasteiger partial charge in [0.25, 0.3) is 5.91 Å². The van der Waals surface area contributed by atoms with Gasteiger partial charge in [-0.2, -0.15) is 0 Å². The number of H-pyrrole nitrogens is 1. The van der Waals surface area contributed by atoms with Crippen LogP contribution in [-0.4, -0.2) is 58.5 Å². The van der Waals surface area contributed by atoms with Crippen LogP contribution in [0, 0.1) is 6.92 Å². The van der Waals surface area contributed by atoms with Crippen molar-refractivity contribution in [2.45, 2.75) is 25.5 Å². The number of nitrogens with one attached hydrogen (secondary N) is 3. The van der Waals surface area contributed by atoms with E-state index in [1.54, 1.807) is 18.0 Å². The minimum Gasteiger partial charge on any atom is -0.392 e. The predicted octanol–water partition coefficient (Wildman–Crippen LogP) is 1.10. The largest absolute Gasteiger partial charge is 0.392 e. The van der Waals surface area contributed by atoms with Crippen LogP contribution in [0.25, 0.3) is 11.0 Å². The monoisotopic (exact) mass is 373 g/mol. The topological polar surface area (TPSA) is 93.3 Å². The molecule has 2 aromatic rings. The highest BCUT2D eigenvalue weighted by atomic mass is 32.2. The fourth-order valence-corrected chi connectivity index (χ4v) is 4.42. The number of aryl methyl sites for hydroxylation is 1. The van der Waals surface area contributed by atoms with Gasteiger partial charge in [-0.1, -0.05) is 0 Å². The number of nitrogens with zero attached hydrogens (tertiary/aromatic N) is 2. The number of anilines is 1. The molecule has 2 atom stereocenters. The van der Waals surface area contributed by atoms with Crippen molar-refractivity contribution in [2.75, 3.05) is 30.3 Å². The van der Waals surface area contributed by atoms with E-state index >= 15 is 0 Å². The van der Waals surface area contributed by atoms with Crippen molar-refractivity contribution in [3.63, 3.8) is 0 Å². The van der Waals surface area contributed by atoms with Gasteiger partial charge in [0, 0.05) is 55.4 Å². The molecule has 0 aliphatic carbocycles. The molecule has 26 heavy (non-hydrogen) atoms. The summed E-state index contributed by atoms with van der Waals surface area (Å²) in [5.41, 5.74) is 3.08. The average molecular weight is 373 g/mol. The lowest BCUT2D eigenvalue weighted by atomic mass is 10.2. The first-order valence-electron chi connectivity index (χ1n) is 8.85. The molecular formula is C18H23N5O2S. The van der Waals surface area contributed by atoms with Crippen LogP contribution in [0.4, 0.5) is 5.69 Å². The van der Waals surface area contributed by atoms with Crippen LogP contribution in [-0.2, 0) is 4.79 Å². The number of carbonyl (C=O) groups is 1. The third-order valence-corrected chi connectivity index (χ3v) is 5.84. The summed E-state index contributed by atoms with van der Waals surface area (Å²) in [6.45, 7) is 4.04. The van der Waals surface area contributed by atoms with E-state index in [-0.39, 0.29) is 18.1 Å². The van der Waals surface area contributed by atoms with Crippen LogP contribution in [0.15, 0.2) is 29.6 Å². The third-order valence-electron chi connectivity index (χ3n) is 4.85. The fraction of sp³-hybridized carbons (Fsp3) is 0.444. The molecule has 4 heterocycles. The Balaban J connectivity index is 1.50. The molecule has 1 amide bonds. The molecule has 138 valence electrons. The zero-order valence-electron chi connectivity index (χ0n) is 14.7. The van der Waals surface area contributed by atoms with E-state index in [1.165, 1.54) is 0 Å². The van der Waals surface area contributed by atoms with Gasteiger partial charge in [0.15, 0.2) is 0 Å². The highest BCUT2D eigenvalue weighted by Gasteiger charge is 2.24. The minimum absolute atomic E-state index is 0.0565. The van der Waals surface area contributed by atoms with Crippen molar-refractivity contribution in [3.8, 4) is 0 Å². The smallest absolute Gasteiger partial charge is 0.259 e. The van der Waals surface area contributed by atoms with Gasteiger partial charge in [-0.25, -0.2) is 4.98 Å². The molecule has 0 radical (unpaired) electrons. The van der Waals surface area contributed by atoms with Gasteiger partial charge in [0.05, 0.1) is 16.7 Å². The van der Waals surface area contributed by atoms with Crippen molar-refractivity contribution >= 4 is 34.4 Å². The van der Waals surface area contributed by atoms with Gasteiger partial charge < -0.3 is 25.6 Å². The summed E-state index contributed by atoms with van der Waals surface area (Å²) in [6.07, 6.45) is 6.05. The summed E-state index contributed by atoms with van der Waals surface area (Å²) in [7, 11) is 0. The molecule has 0 unspecified atom stereocenters. The van der Waals surface area contributed by atoms with Gasteiger partial charge in [-0.05, 0) is 25.0 Å². The lowest BCUT2D eigenvalue weighted by molar-refractivity contribution is -0.116. The van der Waals surface area contributed by atoms with Crippen molar-refractivity contribution in [2.24, 2.45) is 0 Å². The Morgan fingerprint density at radius 3 is 3.23 bits per heavy atom. The van der Waals surface area contributed by atoms with E-state index in [9.17, 15) is 9.90 Å². The molecule has 2 aromatic heterocycles. The Morgan fingerprint density at radius 1 is 1.54 bits per heavy atom. The maximum Gasteiger partial charge on any atom is 0.259 e. The van der Waals surface area contributed by atoms with E-state index < -0.39 is 0 Å². The first kappa shape index (κ1) is 17.4. The zero-order chi connectivity index (χ0) is 18.1. The zero-order valence-corrected chi connectivity index (χ0v) is 15.5. The fourth-order valence-electron chi connectivity index (χ4n) is 3.51. The van der Waals surface area contributed by atoms with Crippen molar-refractivity contribution in [3.05, 3.63) is 35.1 Å². The quantitative estimate of drug-likeness (QED) is 0.642. The second-order valence-corrected chi connectivity index (χ2v) is 7.90. The average Bonchev–Trinajstić information content (AvgIpc) is 3.25. The number of amides is 1. The number of aliphatic hydroxyl groups is 1. The Labute approximate surface area is 156 Å². The molecule has 0 saturated carbocycles. The second-order valence-electron chi connectivity index (χ2n) is 6.77. The first-order valence-corrected chi connectivity index (χ1v) is 9.84. The molecule has 0 bridgehead atoms. The number of pyridine rings is 1. The van der Waals surface area contributed by atoms with Crippen LogP contribution in [0.1, 0.15) is 12.0 Å². The summed E-state index contributed by atoms with van der Waals surface area (Å²) < 4.78 is 0. The number of fused-ring (bicyclic) bond motifs is 1. The summed E-state index contributed by atoms with van der Waals surface area (Å²) in [6, 6.07) is 2.14. The molecular weight excluding hydrogens is 350 g/mol. The summed E-state index contributed by atoms with van der Waals surface area (Å²) in [5.74, 6) is 0.798. The van der Waals surface area contributed by atoms with Crippen molar-refractivity contribution in [1.29, 1.82) is 0 Å². The molecule has 7 nitrogen and oxygen atoms in total. The predicted molar refractivity (Wildman–Crippen MR) is 104 cm³/mol. The number of aromatic nitrogens is 2. The lowest BCUT2D eigenvalue weighted by Gasteiger charge is -2.27. The van der Waals surface area contributed by atoms with E-state index in [4.69, 9.17) is 0 Å². The number of carbonyl (C=O) groups excluding carboxylic acids is 1. The van der Waals surface area contributed by atoms with Crippen LogP contribution in [0.5, 0.6) is 0 Å². The number of aromatic amines is 1. The van der Waals surface area contributed by atoms with Crippen LogP contribution >= 0.6 is 11.8 Å². The molecule has 2 aliphatic heterocycles. The Bertz CT molecular complexity index is 849. The molecule has 0 aromatic carbocycles. The molecule has 4 N–H and O–H groups in total. The maximum absolute atomic E-state index is 12.6. The molecule has 1 saturated heterocycles. The summed E-state index contributed by atoms with van der Waals surface area (Å²) in [5, 5.41) is 16.9. The van der Waals surface area contributed by atoms with Gasteiger partial charge in [0.2, 0.25) is 0 Å². The Morgan fingerprint density at radius 2 is 2.42 bits per heavy atom. The Hall–Kier alpha value is -2.03. The number of β-amino-alcohol motifs (C(OH)–C–C–N with tert-alkyl or cyclic N) is 1. The van der Waals surface area contributed by atoms with Gasteiger partial charge in [-0.3, -0.25) is 4.79 Å². The van der Waals surface area contributed by atoms with E-state index in [0.29, 0.717) is 24.4 Å². The number of hydrogen-bond donors (Lipinski definition) is 4. The van der Waals surface area contributed by atoms with Gasteiger partial charge >= 0.3 is 0 Å². The van der Waals surface area contributed by atoms with Crippen LogP contribution in [0.3, 0.4) is 0 Å². The molecule has 4 rings (SSSR count). The summed E-state index contributed by atoms with van der Waals surface area (Å²) >= 11 is 1.58. The van der Waals surface area contributed by atoms with E-state index in [2.05, 4.69) is 32.4 Å². The maximum atomic E-state index is 12.6. The van der Waals surface area contributed by atoms with E-state index in [0.717, 1.165) is 34.6 Å². The first-order chi connectivity index (χ1) is 12.6. The van der Waals surface area contributed by atoms with Crippen LogP contribution < -0.4 is 15.5 Å². The SMILES string of the molecule is Cc1c[nH]c2nccc(N3C=C(C(=O)NC[C@H]4C[C@@H](O)CN4)SCC3)c12. The molecule has 0 spiro atoms.